The Hall–Kier alpha value is -0.883. The number of carbonyl (C=O) groups is 2. The minimum Gasteiger partial charge on any atom is -0.466 e. The van der Waals surface area contributed by atoms with Gasteiger partial charge < -0.3 is 13.9 Å². The largest absolute Gasteiger partial charge is 0.466 e. The molecule has 0 aliphatic carbocycles. The Morgan fingerprint density at radius 3 is 1.96 bits per heavy atom. The number of carbonyl (C=O) groups excluding carboxylic acids is 2. The van der Waals surface area contributed by atoms with Crippen molar-refractivity contribution >= 4 is 20.3 Å². The van der Waals surface area contributed by atoms with E-state index in [1.807, 2.05) is 6.92 Å². The van der Waals surface area contributed by atoms with Crippen molar-refractivity contribution in [2.24, 2.45) is 0 Å². The molecule has 6 heteroatoms. The topological polar surface area (TPSA) is 61.8 Å². The molecule has 5 nitrogen and oxygen atoms in total. The van der Waals surface area contributed by atoms with Crippen molar-refractivity contribution in [3.8, 4) is 0 Å². The fourth-order valence-corrected chi connectivity index (χ4v) is 3.08. The smallest absolute Gasteiger partial charge is 0.308 e. The molecule has 0 radical (unpaired) electrons. The Morgan fingerprint density at radius 1 is 1.00 bits per heavy atom. The third-order valence-electron chi connectivity index (χ3n) is 4.12. The number of hydrogen-bond donors (Lipinski definition) is 0. The molecule has 0 aromatic rings. The molecule has 0 heterocycles. The van der Waals surface area contributed by atoms with E-state index in [9.17, 15) is 9.59 Å². The first-order valence-electron chi connectivity index (χ1n) is 8.52. The van der Waals surface area contributed by atoms with Crippen molar-refractivity contribution in [2.45, 2.75) is 84.5 Å². The van der Waals surface area contributed by atoms with Gasteiger partial charge in [-0.25, -0.2) is 0 Å². The number of unbranched alkanes of at least 4 members (excludes halogenated alkanes) is 1. The highest BCUT2D eigenvalue weighted by molar-refractivity contribution is 6.74. The standard InChI is InChI=1S/C17H34O5Si/c1-8-10-11-21-16(19)13-14(12-15(18)20-9-2)22-23(6,7)17(3,4)5/h14H,8-13H2,1-7H3/t14-/m1/s1. The van der Waals surface area contributed by atoms with Gasteiger partial charge in [-0.05, 0) is 31.5 Å². The van der Waals surface area contributed by atoms with Crippen LogP contribution in [0.15, 0.2) is 0 Å². The van der Waals surface area contributed by atoms with Crippen molar-refractivity contribution in [3.05, 3.63) is 0 Å². The molecular weight excluding hydrogens is 312 g/mol. The minimum absolute atomic E-state index is 0.00598. The maximum atomic E-state index is 12.0. The fourth-order valence-electron chi connectivity index (χ4n) is 1.73. The van der Waals surface area contributed by atoms with Gasteiger partial charge in [0, 0.05) is 0 Å². The van der Waals surface area contributed by atoms with Crippen LogP contribution in [0.3, 0.4) is 0 Å². The quantitative estimate of drug-likeness (QED) is 0.339. The van der Waals surface area contributed by atoms with E-state index in [1.54, 1.807) is 6.92 Å². The first-order valence-corrected chi connectivity index (χ1v) is 11.4. The van der Waals surface area contributed by atoms with Crippen molar-refractivity contribution < 1.29 is 23.5 Å². The lowest BCUT2D eigenvalue weighted by Crippen LogP contribution is -2.45. The first-order chi connectivity index (χ1) is 10.5. The van der Waals surface area contributed by atoms with Gasteiger partial charge in [0.2, 0.25) is 0 Å². The van der Waals surface area contributed by atoms with Crippen LogP contribution >= 0.6 is 0 Å². The van der Waals surface area contributed by atoms with Crippen LogP contribution in [0.4, 0.5) is 0 Å². The molecule has 0 aliphatic heterocycles. The summed E-state index contributed by atoms with van der Waals surface area (Å²) in [6.07, 6.45) is 1.51. The van der Waals surface area contributed by atoms with Crippen LogP contribution in [0.1, 0.15) is 60.3 Å². The summed E-state index contributed by atoms with van der Waals surface area (Å²) < 4.78 is 16.4. The SMILES string of the molecule is CCCCOC(=O)C[C@@H](CC(=O)OCC)O[Si](C)(C)C(C)(C)C. The Labute approximate surface area is 142 Å². The van der Waals surface area contributed by atoms with Crippen molar-refractivity contribution in [1.82, 2.24) is 0 Å². The van der Waals surface area contributed by atoms with E-state index >= 15 is 0 Å². The monoisotopic (exact) mass is 346 g/mol. The summed E-state index contributed by atoms with van der Waals surface area (Å²) in [6.45, 7) is 15.1. The number of hydrogen-bond acceptors (Lipinski definition) is 5. The minimum atomic E-state index is -2.08. The second kappa shape index (κ2) is 10.1. The molecule has 136 valence electrons. The van der Waals surface area contributed by atoms with Gasteiger partial charge in [-0.15, -0.1) is 0 Å². The lowest BCUT2D eigenvalue weighted by Gasteiger charge is -2.39. The zero-order valence-electron chi connectivity index (χ0n) is 15.9. The van der Waals surface area contributed by atoms with Crippen molar-refractivity contribution in [2.75, 3.05) is 13.2 Å². The summed E-state index contributed by atoms with van der Waals surface area (Å²) in [5.41, 5.74) is 0. The molecule has 0 amide bonds. The van der Waals surface area contributed by atoms with Crippen molar-refractivity contribution in [3.63, 3.8) is 0 Å². The Bertz CT molecular complexity index is 374. The third-order valence-corrected chi connectivity index (χ3v) is 8.66. The highest BCUT2D eigenvalue weighted by Crippen LogP contribution is 2.38. The molecule has 0 fully saturated rings. The zero-order chi connectivity index (χ0) is 18.1. The molecule has 0 bridgehead atoms. The van der Waals surface area contributed by atoms with Gasteiger partial charge in [0.1, 0.15) is 0 Å². The molecule has 0 N–H and O–H groups in total. The number of esters is 2. The highest BCUT2D eigenvalue weighted by atomic mass is 28.4. The van der Waals surface area contributed by atoms with Crippen LogP contribution in [-0.2, 0) is 23.5 Å². The van der Waals surface area contributed by atoms with Gasteiger partial charge in [0.25, 0.3) is 0 Å². The van der Waals surface area contributed by atoms with Crippen LogP contribution in [0.5, 0.6) is 0 Å². The molecule has 0 spiro atoms. The van der Waals surface area contributed by atoms with Crippen molar-refractivity contribution in [1.29, 1.82) is 0 Å². The Kier molecular flexibility index (Phi) is 9.69. The van der Waals surface area contributed by atoms with E-state index < -0.39 is 14.4 Å². The Balaban J connectivity index is 4.81. The number of rotatable bonds is 10. The lowest BCUT2D eigenvalue weighted by molar-refractivity contribution is -0.148. The molecule has 0 aromatic heterocycles. The lowest BCUT2D eigenvalue weighted by atomic mass is 10.2. The van der Waals surface area contributed by atoms with Crippen LogP contribution in [0.2, 0.25) is 18.1 Å². The van der Waals surface area contributed by atoms with Crippen LogP contribution < -0.4 is 0 Å². The van der Waals surface area contributed by atoms with E-state index in [2.05, 4.69) is 33.9 Å². The average Bonchev–Trinajstić information content (AvgIpc) is 2.37. The summed E-state index contributed by atoms with van der Waals surface area (Å²) in [5, 5.41) is 0.00598. The predicted molar refractivity (Wildman–Crippen MR) is 93.8 cm³/mol. The normalized spacial score (nSPS) is 13.5. The van der Waals surface area contributed by atoms with Gasteiger partial charge in [-0.2, -0.15) is 0 Å². The zero-order valence-corrected chi connectivity index (χ0v) is 16.9. The highest BCUT2D eigenvalue weighted by Gasteiger charge is 2.40. The van der Waals surface area contributed by atoms with E-state index in [0.29, 0.717) is 13.2 Å². The maximum Gasteiger partial charge on any atom is 0.308 e. The molecular formula is C17H34O5Si. The second-order valence-corrected chi connectivity index (χ2v) is 12.0. The predicted octanol–water partition coefficient (Wildman–Crippen LogP) is 4.06. The fraction of sp³-hybridized carbons (Fsp3) is 0.882. The molecule has 0 saturated heterocycles. The van der Waals surface area contributed by atoms with Gasteiger partial charge in [-0.3, -0.25) is 9.59 Å². The second-order valence-electron chi connectivity index (χ2n) is 7.29. The first kappa shape index (κ1) is 22.1. The Morgan fingerprint density at radius 2 is 1.52 bits per heavy atom. The molecule has 0 aromatic carbocycles. The summed E-state index contributed by atoms with van der Waals surface area (Å²) in [5.74, 6) is -0.649. The maximum absolute atomic E-state index is 12.0. The van der Waals surface area contributed by atoms with E-state index in [1.165, 1.54) is 0 Å². The van der Waals surface area contributed by atoms with E-state index in [-0.39, 0.29) is 29.8 Å². The van der Waals surface area contributed by atoms with E-state index in [0.717, 1.165) is 12.8 Å². The molecule has 23 heavy (non-hydrogen) atoms. The number of ether oxygens (including phenoxy) is 2. The van der Waals surface area contributed by atoms with Gasteiger partial charge >= 0.3 is 11.9 Å². The molecule has 0 unspecified atom stereocenters. The van der Waals surface area contributed by atoms with Crippen LogP contribution in [0.25, 0.3) is 0 Å². The molecule has 1 atom stereocenters. The summed E-state index contributed by atoms with van der Waals surface area (Å²) >= 11 is 0. The molecule has 0 rings (SSSR count). The third kappa shape index (κ3) is 9.10. The summed E-state index contributed by atoms with van der Waals surface area (Å²) in [6, 6.07) is 0. The molecule has 0 aliphatic rings. The van der Waals surface area contributed by atoms with Gasteiger partial charge in [0.15, 0.2) is 8.32 Å². The van der Waals surface area contributed by atoms with Crippen LogP contribution in [-0.4, -0.2) is 39.6 Å². The summed E-state index contributed by atoms with van der Waals surface area (Å²) in [4.78, 5) is 23.8. The van der Waals surface area contributed by atoms with Crippen LogP contribution in [0, 0.1) is 0 Å². The van der Waals surface area contributed by atoms with E-state index in [4.69, 9.17) is 13.9 Å². The van der Waals surface area contributed by atoms with Gasteiger partial charge in [0.05, 0.1) is 32.2 Å². The molecule has 0 saturated carbocycles. The van der Waals surface area contributed by atoms with Gasteiger partial charge in [-0.1, -0.05) is 34.1 Å². The summed E-state index contributed by atoms with van der Waals surface area (Å²) in [7, 11) is -2.08. The average molecular weight is 347 g/mol.